The van der Waals surface area contributed by atoms with Crippen LogP contribution in [-0.4, -0.2) is 67.2 Å². The fourth-order valence-electron chi connectivity index (χ4n) is 7.30. The summed E-state index contributed by atoms with van der Waals surface area (Å²) in [5.74, 6) is 0.606. The van der Waals surface area contributed by atoms with E-state index in [1.165, 1.54) is 11.7 Å². The smallest absolute Gasteiger partial charge is 0.404 e. The van der Waals surface area contributed by atoms with Gasteiger partial charge in [-0.2, -0.15) is 5.10 Å². The van der Waals surface area contributed by atoms with Crippen molar-refractivity contribution in [1.29, 1.82) is 0 Å². The third-order valence-corrected chi connectivity index (χ3v) is 11.3. The number of halogens is 3. The first-order chi connectivity index (χ1) is 25.7. The van der Waals surface area contributed by atoms with Gasteiger partial charge in [0.2, 0.25) is 11.8 Å². The van der Waals surface area contributed by atoms with Crippen molar-refractivity contribution in [3.05, 3.63) is 91.5 Å². The quantitative estimate of drug-likeness (QED) is 0.131. The van der Waals surface area contributed by atoms with Crippen LogP contribution in [0.3, 0.4) is 0 Å². The molecule has 0 unspecified atom stereocenters. The van der Waals surface area contributed by atoms with Crippen molar-refractivity contribution in [3.63, 3.8) is 0 Å². The summed E-state index contributed by atoms with van der Waals surface area (Å²) in [7, 11) is 3.14. The minimum atomic E-state index is -0.975. The lowest BCUT2D eigenvalue weighted by atomic mass is 9.77. The third-order valence-electron chi connectivity index (χ3n) is 10.1. The normalized spacial score (nSPS) is 20.1. The van der Waals surface area contributed by atoms with Crippen LogP contribution in [0.1, 0.15) is 44.0 Å². The van der Waals surface area contributed by atoms with E-state index in [4.69, 9.17) is 60.1 Å². The van der Waals surface area contributed by atoms with Crippen LogP contribution in [0.4, 0.5) is 4.79 Å². The molecule has 0 spiro atoms. The molecule has 2 atom stereocenters. The molecule has 2 aliphatic rings. The molecule has 4 heterocycles. The number of rotatable bonds is 11. The summed E-state index contributed by atoms with van der Waals surface area (Å²) in [6.07, 6.45) is 2.16. The van der Waals surface area contributed by atoms with Crippen molar-refractivity contribution >= 4 is 52.3 Å². The molecular formula is C38H38Cl3N7O6. The maximum absolute atomic E-state index is 13.4. The molecule has 5 aromatic rings. The lowest BCUT2D eigenvalue weighted by molar-refractivity contribution is -0.119. The predicted molar refractivity (Wildman–Crippen MR) is 206 cm³/mol. The largest absolute Gasteiger partial charge is 0.481 e. The lowest BCUT2D eigenvalue weighted by Crippen LogP contribution is -2.51. The zero-order valence-corrected chi connectivity index (χ0v) is 31.9. The SMILES string of the molecule is COc1nc(-c2cccc(-c3cccc(-c4cc5c(=O)n(C)c(CNC6CC(C)(O)C6)nn5c4)c3Cl)c2Cl)cc(Cl)c1C[C@H](OC(N)=O)[C@@H]1CCC(=O)N1. The van der Waals surface area contributed by atoms with Crippen LogP contribution in [0.15, 0.2) is 59.5 Å². The summed E-state index contributed by atoms with van der Waals surface area (Å²) >= 11 is 21.1. The second-order valence-electron chi connectivity index (χ2n) is 14.0. The van der Waals surface area contributed by atoms with Gasteiger partial charge in [0, 0.05) is 65.5 Å². The molecule has 2 aromatic carbocycles. The van der Waals surface area contributed by atoms with Gasteiger partial charge >= 0.3 is 6.09 Å². The minimum absolute atomic E-state index is 0.0960. The molecule has 2 amide bonds. The van der Waals surface area contributed by atoms with E-state index in [-0.39, 0.29) is 34.8 Å². The molecule has 1 aliphatic carbocycles. The Morgan fingerprint density at radius 3 is 2.39 bits per heavy atom. The summed E-state index contributed by atoms with van der Waals surface area (Å²) < 4.78 is 14.1. The van der Waals surface area contributed by atoms with Gasteiger partial charge in [0.05, 0.1) is 46.1 Å². The average Bonchev–Trinajstić information content (AvgIpc) is 3.75. The number of amides is 2. The molecule has 5 N–H and O–H groups in total. The number of pyridine rings is 1. The number of nitrogens with two attached hydrogens (primary N) is 1. The Morgan fingerprint density at radius 2 is 1.76 bits per heavy atom. The van der Waals surface area contributed by atoms with Gasteiger partial charge in [0.1, 0.15) is 17.4 Å². The lowest BCUT2D eigenvalue weighted by Gasteiger charge is -2.41. The summed E-state index contributed by atoms with van der Waals surface area (Å²) in [6.45, 7) is 2.19. The summed E-state index contributed by atoms with van der Waals surface area (Å²) in [6, 6.07) is 14.2. The topological polar surface area (TPSA) is 175 Å². The van der Waals surface area contributed by atoms with Crippen LogP contribution in [0.25, 0.3) is 39.0 Å². The highest BCUT2D eigenvalue weighted by Crippen LogP contribution is 2.43. The van der Waals surface area contributed by atoms with Crippen LogP contribution >= 0.6 is 34.8 Å². The number of carbonyl (C=O) groups excluding carboxylic acids is 2. The molecule has 54 heavy (non-hydrogen) atoms. The molecule has 1 saturated heterocycles. The number of fused-ring (bicyclic) bond motifs is 1. The van der Waals surface area contributed by atoms with Crippen LogP contribution in [0.2, 0.25) is 15.1 Å². The van der Waals surface area contributed by atoms with Crippen molar-refractivity contribution in [2.24, 2.45) is 12.8 Å². The Bertz CT molecular complexity index is 2350. The molecule has 0 radical (unpaired) electrons. The number of nitrogens with zero attached hydrogens (tertiary/aromatic N) is 4. The number of ether oxygens (including phenoxy) is 2. The zero-order chi connectivity index (χ0) is 38.5. The van der Waals surface area contributed by atoms with Gasteiger partial charge in [-0.3, -0.25) is 14.2 Å². The number of benzene rings is 2. The number of hydrogen-bond acceptors (Lipinski definition) is 9. The highest BCUT2D eigenvalue weighted by molar-refractivity contribution is 6.39. The predicted octanol–water partition coefficient (Wildman–Crippen LogP) is 5.69. The molecule has 1 aliphatic heterocycles. The van der Waals surface area contributed by atoms with Gasteiger partial charge in [0.25, 0.3) is 5.56 Å². The minimum Gasteiger partial charge on any atom is -0.481 e. The number of hydrogen-bond donors (Lipinski definition) is 4. The fraction of sp³-hybridized carbons (Fsp3) is 0.342. The van der Waals surface area contributed by atoms with Crippen LogP contribution < -0.4 is 26.7 Å². The summed E-state index contributed by atoms with van der Waals surface area (Å²) in [5, 5.41) is 22.1. The van der Waals surface area contributed by atoms with Crippen LogP contribution in [-0.2, 0) is 29.5 Å². The number of nitrogens with one attached hydrogen (secondary N) is 2. The molecule has 0 bridgehead atoms. The summed E-state index contributed by atoms with van der Waals surface area (Å²) in [4.78, 5) is 41.8. The van der Waals surface area contributed by atoms with E-state index in [0.29, 0.717) is 92.7 Å². The Morgan fingerprint density at radius 1 is 1.09 bits per heavy atom. The third kappa shape index (κ3) is 7.38. The molecule has 13 nitrogen and oxygen atoms in total. The van der Waals surface area contributed by atoms with Crippen LogP contribution in [0.5, 0.6) is 5.88 Å². The Hall–Kier alpha value is -4.66. The van der Waals surface area contributed by atoms with E-state index < -0.39 is 23.8 Å². The van der Waals surface area contributed by atoms with Gasteiger partial charge in [-0.1, -0.05) is 71.2 Å². The number of aromatic nitrogens is 4. The zero-order valence-electron chi connectivity index (χ0n) is 29.7. The molecule has 16 heteroatoms. The first kappa shape index (κ1) is 37.6. The second-order valence-corrected chi connectivity index (χ2v) is 15.2. The van der Waals surface area contributed by atoms with E-state index in [9.17, 15) is 19.5 Å². The monoisotopic (exact) mass is 793 g/mol. The van der Waals surface area contributed by atoms with Crippen molar-refractivity contribution < 1.29 is 24.2 Å². The molecule has 7 rings (SSSR count). The number of primary amides is 1. The summed E-state index contributed by atoms with van der Waals surface area (Å²) in [5.41, 5.74) is 9.00. The number of methoxy groups -OCH3 is 1. The first-order valence-electron chi connectivity index (χ1n) is 17.3. The van der Waals surface area contributed by atoms with E-state index in [1.54, 1.807) is 36.0 Å². The standard InChI is InChI=1S/C38H38Cl3N7O6/c1-38(52)15-20(16-38)43-17-31-46-48-18-19(12-29(48)36(50)47(31)2)21-6-4-7-22(33(21)40)23-8-5-9-24(34(23)41)28-14-26(39)25(35(45-28)53-3)13-30(54-37(42)51)27-10-11-32(49)44-27/h4-9,12,14,18,20,27,30,43,52H,10-11,13,15-17H2,1-3H3,(H2,42,51)(H,44,49)/t20?,27-,30-,38?/m0/s1. The van der Waals surface area contributed by atoms with Crippen molar-refractivity contribution in [1.82, 2.24) is 29.8 Å². The molecule has 3 aromatic heterocycles. The highest BCUT2D eigenvalue weighted by Gasteiger charge is 2.38. The molecular weight excluding hydrogens is 757 g/mol. The van der Waals surface area contributed by atoms with Crippen molar-refractivity contribution in [3.8, 4) is 39.4 Å². The number of carbonyl (C=O) groups is 2. The maximum Gasteiger partial charge on any atom is 0.404 e. The van der Waals surface area contributed by atoms with Gasteiger partial charge in [-0.15, -0.1) is 0 Å². The van der Waals surface area contributed by atoms with Crippen LogP contribution in [0, 0.1) is 0 Å². The highest BCUT2D eigenvalue weighted by atomic mass is 35.5. The van der Waals surface area contributed by atoms with Crippen molar-refractivity contribution in [2.45, 2.75) is 69.4 Å². The molecule has 2 fully saturated rings. The van der Waals surface area contributed by atoms with E-state index in [2.05, 4.69) is 10.6 Å². The maximum atomic E-state index is 13.4. The van der Waals surface area contributed by atoms with Crippen molar-refractivity contribution in [2.75, 3.05) is 7.11 Å². The Balaban J connectivity index is 1.19. The van der Waals surface area contributed by atoms with E-state index in [0.717, 1.165) is 0 Å². The molecule has 1 saturated carbocycles. The molecule has 282 valence electrons. The van der Waals surface area contributed by atoms with E-state index >= 15 is 0 Å². The van der Waals surface area contributed by atoms with Gasteiger partial charge in [-0.05, 0) is 38.3 Å². The Kier molecular flexibility index (Phi) is 10.4. The van der Waals surface area contributed by atoms with Gasteiger partial charge in [-0.25, -0.2) is 14.3 Å². The van der Waals surface area contributed by atoms with Gasteiger partial charge < -0.3 is 30.9 Å². The fourth-order valence-corrected chi connectivity index (χ4v) is 8.22. The second kappa shape index (κ2) is 14.9. The van der Waals surface area contributed by atoms with E-state index in [1.807, 2.05) is 37.3 Å². The number of aliphatic hydroxyl groups is 1. The average molecular weight is 795 g/mol. The van der Waals surface area contributed by atoms with Gasteiger partial charge in [0.15, 0.2) is 0 Å². The Labute approximate surface area is 325 Å². The first-order valence-corrected chi connectivity index (χ1v) is 18.5.